The number of unbranched alkanes of at least 4 members (excludes halogenated alkanes) is 1. The maximum Gasteiger partial charge on any atom is 0.138 e. The van der Waals surface area contributed by atoms with Gasteiger partial charge in [-0.2, -0.15) is 0 Å². The van der Waals surface area contributed by atoms with Gasteiger partial charge in [0.2, 0.25) is 0 Å². The molecule has 2 aromatic carbocycles. The predicted octanol–water partition coefficient (Wildman–Crippen LogP) is 6.85. The van der Waals surface area contributed by atoms with E-state index in [0.29, 0.717) is 11.6 Å². The standard InChI is InChI=1S/C20H26Cl2O2/c1-4-16(21)7-5-6-12-23-19-11-8-15-13-17(24-14(2)3)9-10-18(15)20(19)22/h8-11,13-14,16H,4-7,12H2,1-3H3. The third-order valence-electron chi connectivity index (χ3n) is 3.87. The molecule has 2 aromatic rings. The molecule has 0 saturated heterocycles. The van der Waals surface area contributed by atoms with Crippen LogP contribution in [0.15, 0.2) is 30.3 Å². The average molecular weight is 369 g/mol. The lowest BCUT2D eigenvalue weighted by Gasteiger charge is -2.13. The molecule has 0 spiro atoms. The number of ether oxygens (including phenoxy) is 2. The van der Waals surface area contributed by atoms with E-state index in [-0.39, 0.29) is 11.5 Å². The smallest absolute Gasteiger partial charge is 0.138 e. The summed E-state index contributed by atoms with van der Waals surface area (Å²) in [7, 11) is 0. The fourth-order valence-corrected chi connectivity index (χ4v) is 3.00. The molecule has 0 radical (unpaired) electrons. The van der Waals surface area contributed by atoms with Crippen LogP contribution in [0.2, 0.25) is 5.02 Å². The van der Waals surface area contributed by atoms with Gasteiger partial charge in [-0.25, -0.2) is 0 Å². The van der Waals surface area contributed by atoms with Crippen molar-refractivity contribution in [2.45, 2.75) is 57.9 Å². The third kappa shape index (κ3) is 5.46. The van der Waals surface area contributed by atoms with Crippen LogP contribution in [0, 0.1) is 0 Å². The molecule has 0 bridgehead atoms. The van der Waals surface area contributed by atoms with Crippen molar-refractivity contribution < 1.29 is 9.47 Å². The summed E-state index contributed by atoms with van der Waals surface area (Å²) in [6.45, 7) is 6.80. The van der Waals surface area contributed by atoms with Crippen LogP contribution in [-0.4, -0.2) is 18.1 Å². The monoisotopic (exact) mass is 368 g/mol. The summed E-state index contributed by atoms with van der Waals surface area (Å²) in [6.07, 6.45) is 4.26. The minimum absolute atomic E-state index is 0.154. The lowest BCUT2D eigenvalue weighted by atomic mass is 10.1. The van der Waals surface area contributed by atoms with Crippen molar-refractivity contribution >= 4 is 34.0 Å². The molecule has 0 aliphatic carbocycles. The molecule has 0 fully saturated rings. The summed E-state index contributed by atoms with van der Waals surface area (Å²) in [4.78, 5) is 0. The lowest BCUT2D eigenvalue weighted by molar-refractivity contribution is 0.243. The van der Waals surface area contributed by atoms with Crippen LogP contribution in [0.4, 0.5) is 0 Å². The highest BCUT2D eigenvalue weighted by Crippen LogP contribution is 2.34. The van der Waals surface area contributed by atoms with Crippen molar-refractivity contribution in [1.82, 2.24) is 0 Å². The molecule has 2 nitrogen and oxygen atoms in total. The zero-order chi connectivity index (χ0) is 17.5. The SMILES string of the molecule is CCC(Cl)CCCCOc1ccc2cc(OC(C)C)ccc2c1Cl. The first-order valence-corrected chi connectivity index (χ1v) is 9.48. The Morgan fingerprint density at radius 2 is 1.88 bits per heavy atom. The fourth-order valence-electron chi connectivity index (χ4n) is 2.56. The van der Waals surface area contributed by atoms with Crippen LogP contribution < -0.4 is 9.47 Å². The molecular formula is C20H26Cl2O2. The van der Waals surface area contributed by atoms with Gasteiger partial charge in [-0.1, -0.05) is 24.6 Å². The predicted molar refractivity (Wildman–Crippen MR) is 104 cm³/mol. The van der Waals surface area contributed by atoms with Gasteiger partial charge in [0.25, 0.3) is 0 Å². The Labute approximate surface area is 155 Å². The first kappa shape index (κ1) is 19.2. The van der Waals surface area contributed by atoms with E-state index in [9.17, 15) is 0 Å². The van der Waals surface area contributed by atoms with Gasteiger partial charge in [-0.05, 0) is 69.2 Å². The summed E-state index contributed by atoms with van der Waals surface area (Å²) in [5.74, 6) is 1.59. The fraction of sp³-hybridized carbons (Fsp3) is 0.500. The number of hydrogen-bond acceptors (Lipinski definition) is 2. The maximum absolute atomic E-state index is 6.50. The number of alkyl halides is 1. The summed E-state index contributed by atoms with van der Waals surface area (Å²) in [6, 6.07) is 9.90. The number of fused-ring (bicyclic) bond motifs is 1. The molecule has 4 heteroatoms. The molecule has 24 heavy (non-hydrogen) atoms. The van der Waals surface area contributed by atoms with Gasteiger partial charge in [0.1, 0.15) is 11.5 Å². The van der Waals surface area contributed by atoms with E-state index in [1.54, 1.807) is 0 Å². The molecule has 2 rings (SSSR count). The van der Waals surface area contributed by atoms with E-state index >= 15 is 0 Å². The first-order chi connectivity index (χ1) is 11.5. The summed E-state index contributed by atoms with van der Waals surface area (Å²) in [5, 5.41) is 2.97. The van der Waals surface area contributed by atoms with Crippen LogP contribution in [0.1, 0.15) is 46.5 Å². The molecule has 0 aliphatic rings. The topological polar surface area (TPSA) is 18.5 Å². The van der Waals surface area contributed by atoms with Crippen LogP contribution >= 0.6 is 23.2 Å². The first-order valence-electron chi connectivity index (χ1n) is 8.67. The quantitative estimate of drug-likeness (QED) is 0.356. The van der Waals surface area contributed by atoms with Crippen LogP contribution in [-0.2, 0) is 0 Å². The normalized spacial score (nSPS) is 12.6. The van der Waals surface area contributed by atoms with Crippen molar-refractivity contribution in [2.75, 3.05) is 6.61 Å². The molecule has 0 saturated carbocycles. The number of hydrogen-bond donors (Lipinski definition) is 0. The van der Waals surface area contributed by atoms with E-state index in [2.05, 4.69) is 6.92 Å². The molecule has 0 N–H and O–H groups in total. The number of rotatable bonds is 9. The van der Waals surface area contributed by atoms with Crippen LogP contribution in [0.3, 0.4) is 0 Å². The van der Waals surface area contributed by atoms with Gasteiger partial charge in [0, 0.05) is 10.8 Å². The number of halogens is 2. The molecule has 0 heterocycles. The van der Waals surface area contributed by atoms with Gasteiger partial charge in [0.15, 0.2) is 0 Å². The molecular weight excluding hydrogens is 343 g/mol. The number of benzene rings is 2. The third-order valence-corrected chi connectivity index (χ3v) is 4.79. The Hall–Kier alpha value is -1.12. The van der Waals surface area contributed by atoms with Crippen molar-refractivity contribution in [1.29, 1.82) is 0 Å². The minimum Gasteiger partial charge on any atom is -0.492 e. The Balaban J connectivity index is 1.98. The van der Waals surface area contributed by atoms with Crippen molar-refractivity contribution in [3.8, 4) is 11.5 Å². The van der Waals surface area contributed by atoms with Crippen molar-refractivity contribution in [3.05, 3.63) is 35.4 Å². The Morgan fingerprint density at radius 3 is 2.58 bits per heavy atom. The van der Waals surface area contributed by atoms with Crippen molar-refractivity contribution in [3.63, 3.8) is 0 Å². The van der Waals surface area contributed by atoms with Gasteiger partial charge in [-0.3, -0.25) is 0 Å². The van der Waals surface area contributed by atoms with E-state index < -0.39 is 0 Å². The molecule has 132 valence electrons. The highest BCUT2D eigenvalue weighted by Gasteiger charge is 2.09. The van der Waals surface area contributed by atoms with E-state index in [1.165, 1.54) is 0 Å². The van der Waals surface area contributed by atoms with Crippen LogP contribution in [0.5, 0.6) is 11.5 Å². The summed E-state index contributed by atoms with van der Waals surface area (Å²) >= 11 is 12.6. The highest BCUT2D eigenvalue weighted by molar-refractivity contribution is 6.37. The van der Waals surface area contributed by atoms with Gasteiger partial charge < -0.3 is 9.47 Å². The molecule has 0 aliphatic heterocycles. The van der Waals surface area contributed by atoms with E-state index in [4.69, 9.17) is 32.7 Å². The Bertz CT molecular complexity index is 655. The molecule has 0 aromatic heterocycles. The summed E-state index contributed by atoms with van der Waals surface area (Å²) < 4.78 is 11.6. The molecule has 1 atom stereocenters. The Kier molecular flexibility index (Phi) is 7.51. The van der Waals surface area contributed by atoms with Crippen LogP contribution in [0.25, 0.3) is 10.8 Å². The van der Waals surface area contributed by atoms with E-state index in [0.717, 1.165) is 48.0 Å². The largest absolute Gasteiger partial charge is 0.492 e. The zero-order valence-electron chi connectivity index (χ0n) is 14.6. The summed E-state index contributed by atoms with van der Waals surface area (Å²) in [5.41, 5.74) is 0. The van der Waals surface area contributed by atoms with Gasteiger partial charge in [-0.15, -0.1) is 11.6 Å². The molecule has 0 amide bonds. The van der Waals surface area contributed by atoms with Gasteiger partial charge >= 0.3 is 0 Å². The maximum atomic E-state index is 6.50. The molecule has 1 unspecified atom stereocenters. The second-order valence-corrected chi connectivity index (χ2v) is 7.27. The zero-order valence-corrected chi connectivity index (χ0v) is 16.2. The highest BCUT2D eigenvalue weighted by atomic mass is 35.5. The van der Waals surface area contributed by atoms with Gasteiger partial charge in [0.05, 0.1) is 17.7 Å². The minimum atomic E-state index is 0.154. The second kappa shape index (κ2) is 9.39. The lowest BCUT2D eigenvalue weighted by Crippen LogP contribution is -2.05. The van der Waals surface area contributed by atoms with E-state index in [1.807, 2.05) is 44.2 Å². The Morgan fingerprint density at radius 1 is 1.08 bits per heavy atom. The average Bonchev–Trinajstić information content (AvgIpc) is 2.55. The van der Waals surface area contributed by atoms with Crippen molar-refractivity contribution in [2.24, 2.45) is 0 Å². The second-order valence-electron chi connectivity index (χ2n) is 6.28.